The lowest BCUT2D eigenvalue weighted by Gasteiger charge is -2.31. The minimum Gasteiger partial charge on any atom is -0.322 e. The summed E-state index contributed by atoms with van der Waals surface area (Å²) in [5.74, 6) is -1.18. The molecule has 36 heavy (non-hydrogen) atoms. The molecule has 0 radical (unpaired) electrons. The van der Waals surface area contributed by atoms with E-state index in [0.717, 1.165) is 13.8 Å². The van der Waals surface area contributed by atoms with E-state index in [9.17, 15) is 40.3 Å². The van der Waals surface area contributed by atoms with Crippen LogP contribution in [0, 0.1) is 13.8 Å². The van der Waals surface area contributed by atoms with E-state index in [1.165, 1.54) is 24.3 Å². The number of aryl methyl sites for hydroxylation is 2. The van der Waals surface area contributed by atoms with Crippen molar-refractivity contribution in [3.8, 4) is 0 Å². The third-order valence-electron chi connectivity index (χ3n) is 5.37. The van der Waals surface area contributed by atoms with Gasteiger partial charge in [0.25, 0.3) is 11.8 Å². The van der Waals surface area contributed by atoms with Gasteiger partial charge in [0.05, 0.1) is 0 Å². The van der Waals surface area contributed by atoms with E-state index in [-0.39, 0.29) is 28.1 Å². The summed E-state index contributed by atoms with van der Waals surface area (Å²) in [4.78, 5) is 25.1. The van der Waals surface area contributed by atoms with Gasteiger partial charge in [-0.05, 0) is 55.3 Å². The van der Waals surface area contributed by atoms with Crippen LogP contribution in [0.1, 0.15) is 37.4 Å². The van der Waals surface area contributed by atoms with Crippen molar-refractivity contribution in [1.29, 1.82) is 0 Å². The van der Waals surface area contributed by atoms with Gasteiger partial charge >= 0.3 is 18.0 Å². The summed E-state index contributed by atoms with van der Waals surface area (Å²) in [6.45, 7) is 2.30. The molecule has 0 atom stereocenters. The number of anilines is 2. The third-order valence-corrected chi connectivity index (χ3v) is 5.37. The standard InChI is InChI=1S/C25H19F7N2O2/c1-14-11-18(23(26,24(27,28)29)25(30,31)32)12-15(2)20(14)34-22(36)17-9-6-10-19(13-17)33-21(35)16-7-4-3-5-8-16/h3-13H,1-2H3,(H,33,35)(H,34,36). The van der Waals surface area contributed by atoms with Gasteiger partial charge in [-0.1, -0.05) is 36.4 Å². The lowest BCUT2D eigenvalue weighted by Crippen LogP contribution is -2.50. The molecule has 3 rings (SSSR count). The van der Waals surface area contributed by atoms with Gasteiger partial charge in [0.15, 0.2) is 0 Å². The van der Waals surface area contributed by atoms with Crippen LogP contribution in [0.2, 0.25) is 0 Å². The van der Waals surface area contributed by atoms with Crippen molar-refractivity contribution in [1.82, 2.24) is 0 Å². The highest BCUT2D eigenvalue weighted by molar-refractivity contribution is 6.07. The maximum Gasteiger partial charge on any atom is 0.435 e. The highest BCUT2D eigenvalue weighted by Gasteiger charge is 2.73. The fourth-order valence-electron chi connectivity index (χ4n) is 3.56. The van der Waals surface area contributed by atoms with Gasteiger partial charge < -0.3 is 10.6 Å². The predicted octanol–water partition coefficient (Wildman–Crippen LogP) is 7.10. The second-order valence-electron chi connectivity index (χ2n) is 7.99. The first-order valence-electron chi connectivity index (χ1n) is 10.4. The summed E-state index contributed by atoms with van der Waals surface area (Å²) in [7, 11) is 0. The quantitative estimate of drug-likeness (QED) is 0.359. The van der Waals surface area contributed by atoms with Gasteiger partial charge in [0.2, 0.25) is 0 Å². The Kier molecular flexibility index (Phi) is 7.15. The Bertz CT molecular complexity index is 1250. The van der Waals surface area contributed by atoms with Crippen LogP contribution < -0.4 is 10.6 Å². The summed E-state index contributed by atoms with van der Waals surface area (Å²) in [6, 6.07) is 14.8. The van der Waals surface area contributed by atoms with Gasteiger partial charge in [-0.3, -0.25) is 9.59 Å². The molecule has 0 aliphatic carbocycles. The van der Waals surface area contributed by atoms with Gasteiger partial charge in [0, 0.05) is 28.1 Å². The molecular weight excluding hydrogens is 493 g/mol. The minimum atomic E-state index is -6.25. The zero-order valence-electron chi connectivity index (χ0n) is 18.8. The molecular formula is C25H19F7N2O2. The van der Waals surface area contributed by atoms with Crippen LogP contribution in [0.5, 0.6) is 0 Å². The molecule has 2 amide bonds. The molecule has 3 aromatic carbocycles. The molecule has 0 unspecified atom stereocenters. The number of hydrogen-bond acceptors (Lipinski definition) is 2. The van der Waals surface area contributed by atoms with E-state index in [4.69, 9.17) is 0 Å². The minimum absolute atomic E-state index is 0.0501. The van der Waals surface area contributed by atoms with Crippen molar-refractivity contribution in [2.24, 2.45) is 0 Å². The first kappa shape index (κ1) is 26.7. The Morgan fingerprint density at radius 2 is 1.14 bits per heavy atom. The monoisotopic (exact) mass is 512 g/mol. The predicted molar refractivity (Wildman–Crippen MR) is 120 cm³/mol. The lowest BCUT2D eigenvalue weighted by atomic mass is 9.90. The largest absolute Gasteiger partial charge is 0.435 e. The van der Waals surface area contributed by atoms with Gasteiger partial charge in [-0.15, -0.1) is 0 Å². The van der Waals surface area contributed by atoms with Crippen molar-refractivity contribution in [3.05, 3.63) is 94.5 Å². The smallest absolute Gasteiger partial charge is 0.322 e. The van der Waals surface area contributed by atoms with E-state index < -0.39 is 35.4 Å². The summed E-state index contributed by atoms with van der Waals surface area (Å²) >= 11 is 0. The lowest BCUT2D eigenvalue weighted by molar-refractivity contribution is -0.348. The number of benzene rings is 3. The summed E-state index contributed by atoms with van der Waals surface area (Å²) < 4.78 is 93.2. The molecule has 0 saturated heterocycles. The molecule has 4 nitrogen and oxygen atoms in total. The number of carbonyl (C=O) groups excluding carboxylic acids is 2. The van der Waals surface area contributed by atoms with Gasteiger partial charge in [0.1, 0.15) is 0 Å². The van der Waals surface area contributed by atoms with E-state index in [0.29, 0.717) is 17.7 Å². The summed E-state index contributed by atoms with van der Waals surface area (Å²) in [5, 5.41) is 5.05. The highest BCUT2D eigenvalue weighted by Crippen LogP contribution is 2.53. The topological polar surface area (TPSA) is 58.2 Å². The van der Waals surface area contributed by atoms with Crippen molar-refractivity contribution in [2.75, 3.05) is 10.6 Å². The zero-order chi connectivity index (χ0) is 26.9. The number of halogens is 7. The number of amides is 2. The van der Waals surface area contributed by atoms with E-state index >= 15 is 0 Å². The molecule has 3 aromatic rings. The molecule has 0 saturated carbocycles. The summed E-state index contributed by atoms with van der Waals surface area (Å²) in [5.41, 5.74) is -7.00. The molecule has 0 spiro atoms. The Labute approximate surface area is 201 Å². The van der Waals surface area contributed by atoms with Crippen LogP contribution in [-0.4, -0.2) is 24.2 Å². The Hall–Kier alpha value is -3.89. The first-order valence-corrected chi connectivity index (χ1v) is 10.4. The third kappa shape index (κ3) is 5.19. The van der Waals surface area contributed by atoms with Gasteiger partial charge in [-0.25, -0.2) is 4.39 Å². The molecule has 0 bridgehead atoms. The highest BCUT2D eigenvalue weighted by atomic mass is 19.4. The van der Waals surface area contributed by atoms with Crippen molar-refractivity contribution in [3.63, 3.8) is 0 Å². The second kappa shape index (κ2) is 9.63. The maximum atomic E-state index is 14.5. The number of carbonyl (C=O) groups is 2. The summed E-state index contributed by atoms with van der Waals surface area (Å²) in [6.07, 6.45) is -12.5. The van der Waals surface area contributed by atoms with Crippen LogP contribution >= 0.6 is 0 Å². The van der Waals surface area contributed by atoms with Crippen LogP contribution in [-0.2, 0) is 5.67 Å². The maximum absolute atomic E-state index is 14.5. The van der Waals surface area contributed by atoms with Gasteiger partial charge in [-0.2, -0.15) is 26.3 Å². The van der Waals surface area contributed by atoms with E-state index in [2.05, 4.69) is 10.6 Å². The molecule has 0 fully saturated rings. The Morgan fingerprint density at radius 1 is 0.639 bits per heavy atom. The molecule has 0 aromatic heterocycles. The number of rotatable bonds is 5. The molecule has 11 heteroatoms. The fraction of sp³-hybridized carbons (Fsp3) is 0.200. The second-order valence-corrected chi connectivity index (χ2v) is 7.99. The molecule has 0 aliphatic heterocycles. The molecule has 2 N–H and O–H groups in total. The molecule has 0 aliphatic rings. The molecule has 0 heterocycles. The van der Waals surface area contributed by atoms with Crippen molar-refractivity contribution in [2.45, 2.75) is 31.9 Å². The van der Waals surface area contributed by atoms with E-state index in [1.807, 2.05) is 0 Å². The van der Waals surface area contributed by atoms with Crippen LogP contribution in [0.15, 0.2) is 66.7 Å². The van der Waals surface area contributed by atoms with Crippen LogP contribution in [0.3, 0.4) is 0 Å². The van der Waals surface area contributed by atoms with E-state index in [1.54, 1.807) is 30.3 Å². The Balaban J connectivity index is 1.87. The fourth-order valence-corrected chi connectivity index (χ4v) is 3.56. The molecule has 190 valence electrons. The Morgan fingerprint density at radius 3 is 1.67 bits per heavy atom. The SMILES string of the molecule is Cc1cc(C(F)(C(F)(F)F)C(F)(F)F)cc(C)c1NC(=O)c1cccc(NC(=O)c2ccccc2)c1. The number of hydrogen-bond donors (Lipinski definition) is 2. The average Bonchev–Trinajstić information content (AvgIpc) is 2.79. The zero-order valence-corrected chi connectivity index (χ0v) is 18.8. The normalized spacial score (nSPS) is 12.2. The van der Waals surface area contributed by atoms with Crippen LogP contribution in [0.4, 0.5) is 42.1 Å². The number of alkyl halides is 7. The van der Waals surface area contributed by atoms with Crippen molar-refractivity contribution < 1.29 is 40.3 Å². The first-order chi connectivity index (χ1) is 16.6. The van der Waals surface area contributed by atoms with Crippen molar-refractivity contribution >= 4 is 23.2 Å². The average molecular weight is 512 g/mol. The number of nitrogens with one attached hydrogen (secondary N) is 2. The van der Waals surface area contributed by atoms with Crippen LogP contribution in [0.25, 0.3) is 0 Å².